The van der Waals surface area contributed by atoms with Gasteiger partial charge in [0.05, 0.1) is 6.54 Å². The summed E-state index contributed by atoms with van der Waals surface area (Å²) in [7, 11) is 0. The van der Waals surface area contributed by atoms with Crippen molar-refractivity contribution in [2.24, 2.45) is 0 Å². The molecule has 2 aromatic rings. The molecular formula is C12H10F3N3O. The predicted molar refractivity (Wildman–Crippen MR) is 63.5 cm³/mol. The van der Waals surface area contributed by atoms with Gasteiger partial charge in [0.1, 0.15) is 11.5 Å². The van der Waals surface area contributed by atoms with Gasteiger partial charge in [-0.2, -0.15) is 13.2 Å². The van der Waals surface area contributed by atoms with E-state index < -0.39 is 17.4 Å². The van der Waals surface area contributed by atoms with Gasteiger partial charge in [0, 0.05) is 12.3 Å². The average Bonchev–Trinajstić information content (AvgIpc) is 2.33. The van der Waals surface area contributed by atoms with E-state index in [9.17, 15) is 18.0 Å². The number of aromatic nitrogens is 2. The SMILES string of the molecule is Nc1ccc(Cn2c(C(F)(F)F)cccc2=O)cn1. The largest absolute Gasteiger partial charge is 0.431 e. The third kappa shape index (κ3) is 2.93. The second kappa shape index (κ2) is 4.75. The van der Waals surface area contributed by atoms with E-state index in [1.54, 1.807) is 0 Å². The van der Waals surface area contributed by atoms with E-state index in [4.69, 9.17) is 5.73 Å². The Hall–Kier alpha value is -2.31. The number of nitrogen functional groups attached to an aromatic ring is 1. The Balaban J connectivity index is 2.45. The first kappa shape index (κ1) is 13.1. The van der Waals surface area contributed by atoms with Crippen LogP contribution in [0.3, 0.4) is 0 Å². The maximum atomic E-state index is 12.8. The van der Waals surface area contributed by atoms with Gasteiger partial charge in [-0.05, 0) is 17.7 Å². The molecule has 0 unspecified atom stereocenters. The number of rotatable bonds is 2. The smallest absolute Gasteiger partial charge is 0.384 e. The van der Waals surface area contributed by atoms with Crippen LogP contribution in [-0.4, -0.2) is 9.55 Å². The zero-order chi connectivity index (χ0) is 14.0. The molecule has 0 saturated heterocycles. The fourth-order valence-corrected chi connectivity index (χ4v) is 1.64. The summed E-state index contributed by atoms with van der Waals surface area (Å²) >= 11 is 0. The standard InChI is InChI=1S/C12H10F3N3O/c13-12(14,15)9-2-1-3-11(19)18(9)7-8-4-5-10(16)17-6-8/h1-6H,7H2,(H2,16,17). The van der Waals surface area contributed by atoms with E-state index in [0.29, 0.717) is 10.1 Å². The van der Waals surface area contributed by atoms with Gasteiger partial charge < -0.3 is 5.73 Å². The van der Waals surface area contributed by atoms with Crippen LogP contribution in [-0.2, 0) is 12.7 Å². The summed E-state index contributed by atoms with van der Waals surface area (Å²) in [5, 5.41) is 0. The van der Waals surface area contributed by atoms with Crippen LogP contribution in [0.2, 0.25) is 0 Å². The van der Waals surface area contributed by atoms with Crippen molar-refractivity contribution in [3.8, 4) is 0 Å². The van der Waals surface area contributed by atoms with Crippen molar-refractivity contribution >= 4 is 5.82 Å². The molecule has 2 rings (SSSR count). The normalized spacial score (nSPS) is 11.5. The van der Waals surface area contributed by atoms with Crippen LogP contribution in [0.4, 0.5) is 19.0 Å². The van der Waals surface area contributed by atoms with E-state index in [2.05, 4.69) is 4.98 Å². The first-order chi connectivity index (χ1) is 8.88. The van der Waals surface area contributed by atoms with Crippen molar-refractivity contribution in [2.45, 2.75) is 12.7 Å². The highest BCUT2D eigenvalue weighted by Gasteiger charge is 2.34. The van der Waals surface area contributed by atoms with Gasteiger partial charge in [0.2, 0.25) is 0 Å². The number of nitrogens with zero attached hydrogens (tertiary/aromatic N) is 2. The number of pyridine rings is 2. The molecule has 0 aliphatic heterocycles. The number of anilines is 1. The fourth-order valence-electron chi connectivity index (χ4n) is 1.64. The molecule has 19 heavy (non-hydrogen) atoms. The van der Waals surface area contributed by atoms with Crippen molar-refractivity contribution in [1.82, 2.24) is 9.55 Å². The zero-order valence-electron chi connectivity index (χ0n) is 9.69. The first-order valence-electron chi connectivity index (χ1n) is 5.35. The van der Waals surface area contributed by atoms with Crippen molar-refractivity contribution in [1.29, 1.82) is 0 Å². The Morgan fingerprint density at radius 3 is 2.53 bits per heavy atom. The quantitative estimate of drug-likeness (QED) is 0.905. The molecule has 7 heteroatoms. The zero-order valence-corrected chi connectivity index (χ0v) is 9.69. The number of alkyl halides is 3. The van der Waals surface area contributed by atoms with E-state index in [1.165, 1.54) is 18.3 Å². The third-order valence-corrected chi connectivity index (χ3v) is 2.53. The lowest BCUT2D eigenvalue weighted by Crippen LogP contribution is -2.27. The number of hydrogen-bond donors (Lipinski definition) is 1. The molecule has 2 heterocycles. The van der Waals surface area contributed by atoms with Gasteiger partial charge in [-0.25, -0.2) is 4.98 Å². The van der Waals surface area contributed by atoms with Gasteiger partial charge in [-0.3, -0.25) is 9.36 Å². The van der Waals surface area contributed by atoms with Gasteiger partial charge in [0.25, 0.3) is 5.56 Å². The summed E-state index contributed by atoms with van der Waals surface area (Å²) in [6, 6.07) is 6.04. The van der Waals surface area contributed by atoms with E-state index >= 15 is 0 Å². The Labute approximate surface area is 106 Å². The van der Waals surface area contributed by atoms with Crippen LogP contribution < -0.4 is 11.3 Å². The highest BCUT2D eigenvalue weighted by molar-refractivity contribution is 5.29. The van der Waals surface area contributed by atoms with Crippen LogP contribution in [0.1, 0.15) is 11.3 Å². The minimum Gasteiger partial charge on any atom is -0.384 e. The summed E-state index contributed by atoms with van der Waals surface area (Å²) in [6.07, 6.45) is -3.24. The molecule has 4 nitrogen and oxygen atoms in total. The summed E-state index contributed by atoms with van der Waals surface area (Å²) in [4.78, 5) is 15.4. The molecule has 0 aliphatic rings. The van der Waals surface area contributed by atoms with Gasteiger partial charge >= 0.3 is 6.18 Å². The monoisotopic (exact) mass is 269 g/mol. The lowest BCUT2D eigenvalue weighted by Gasteiger charge is -2.14. The molecule has 0 fully saturated rings. The molecule has 0 bridgehead atoms. The molecule has 0 aromatic carbocycles. The highest BCUT2D eigenvalue weighted by atomic mass is 19.4. The third-order valence-electron chi connectivity index (χ3n) is 2.53. The molecule has 100 valence electrons. The molecule has 2 N–H and O–H groups in total. The Morgan fingerprint density at radius 1 is 1.21 bits per heavy atom. The number of nitrogens with two attached hydrogens (primary N) is 1. The minimum absolute atomic E-state index is 0.207. The van der Waals surface area contributed by atoms with Gasteiger partial charge in [-0.15, -0.1) is 0 Å². The van der Waals surface area contributed by atoms with Crippen LogP contribution in [0, 0.1) is 0 Å². The van der Waals surface area contributed by atoms with Crippen LogP contribution in [0.5, 0.6) is 0 Å². The Bertz CT molecular complexity index is 632. The van der Waals surface area contributed by atoms with Crippen molar-refractivity contribution < 1.29 is 13.2 Å². The summed E-state index contributed by atoms with van der Waals surface area (Å²) in [6.45, 7) is -0.207. The Kier molecular flexibility index (Phi) is 3.28. The van der Waals surface area contributed by atoms with Gasteiger partial charge in [0.15, 0.2) is 0 Å². The van der Waals surface area contributed by atoms with E-state index in [1.807, 2.05) is 0 Å². The second-order valence-corrected chi connectivity index (χ2v) is 3.92. The second-order valence-electron chi connectivity index (χ2n) is 3.92. The molecule has 0 atom stereocenters. The Morgan fingerprint density at radius 2 is 1.95 bits per heavy atom. The van der Waals surface area contributed by atoms with Crippen LogP contribution in [0.25, 0.3) is 0 Å². The maximum Gasteiger partial charge on any atom is 0.431 e. The molecule has 2 aromatic heterocycles. The predicted octanol–water partition coefficient (Wildman–Crippen LogP) is 1.89. The van der Waals surface area contributed by atoms with Crippen molar-refractivity contribution in [2.75, 3.05) is 5.73 Å². The molecular weight excluding hydrogens is 259 g/mol. The lowest BCUT2D eigenvalue weighted by molar-refractivity contribution is -0.144. The van der Waals surface area contributed by atoms with Crippen molar-refractivity contribution in [3.63, 3.8) is 0 Å². The molecule has 0 amide bonds. The van der Waals surface area contributed by atoms with Gasteiger partial charge in [-0.1, -0.05) is 12.1 Å². The summed E-state index contributed by atoms with van der Waals surface area (Å²) in [5.74, 6) is 0.264. The summed E-state index contributed by atoms with van der Waals surface area (Å²) < 4.78 is 39.1. The molecule has 0 spiro atoms. The first-order valence-corrected chi connectivity index (χ1v) is 5.35. The molecule has 0 saturated carbocycles. The highest BCUT2D eigenvalue weighted by Crippen LogP contribution is 2.28. The molecule has 0 radical (unpaired) electrons. The topological polar surface area (TPSA) is 60.9 Å². The molecule has 0 aliphatic carbocycles. The van der Waals surface area contributed by atoms with E-state index in [-0.39, 0.29) is 12.4 Å². The lowest BCUT2D eigenvalue weighted by atomic mass is 10.2. The summed E-state index contributed by atoms with van der Waals surface area (Å²) in [5.41, 5.74) is 4.15. The van der Waals surface area contributed by atoms with Crippen LogP contribution in [0.15, 0.2) is 41.3 Å². The number of hydrogen-bond acceptors (Lipinski definition) is 3. The maximum absolute atomic E-state index is 12.8. The van der Waals surface area contributed by atoms with Crippen LogP contribution >= 0.6 is 0 Å². The minimum atomic E-state index is -4.58. The van der Waals surface area contributed by atoms with Crippen molar-refractivity contribution in [3.05, 3.63) is 58.1 Å². The average molecular weight is 269 g/mol. The number of halogens is 3. The fraction of sp³-hybridized carbons (Fsp3) is 0.167. The van der Waals surface area contributed by atoms with E-state index in [0.717, 1.165) is 18.2 Å².